The summed E-state index contributed by atoms with van der Waals surface area (Å²) in [5.74, 6) is 2.07. The van der Waals surface area contributed by atoms with Gasteiger partial charge in [-0.1, -0.05) is 127 Å². The van der Waals surface area contributed by atoms with Crippen molar-refractivity contribution >= 4 is 33.6 Å². The Balaban J connectivity index is 1.23. The maximum Gasteiger partial charge on any atom is 0.234 e. The molecule has 0 fully saturated rings. The fraction of sp³-hybridized carbons (Fsp3) is 0.0513. The third-order valence-corrected chi connectivity index (χ3v) is 8.67. The van der Waals surface area contributed by atoms with Gasteiger partial charge in [-0.15, -0.1) is 0 Å². The molecule has 1 aliphatic heterocycles. The van der Waals surface area contributed by atoms with Crippen molar-refractivity contribution < 1.29 is 4.42 Å². The molecule has 9 rings (SSSR count). The first-order valence-electron chi connectivity index (χ1n) is 14.9. The van der Waals surface area contributed by atoms with Crippen LogP contribution in [-0.4, -0.2) is 21.0 Å². The molecule has 2 unspecified atom stereocenters. The van der Waals surface area contributed by atoms with E-state index in [0.717, 1.165) is 44.3 Å². The van der Waals surface area contributed by atoms with Crippen molar-refractivity contribution in [3.63, 3.8) is 0 Å². The number of allylic oxidation sites excluding steroid dienone is 2. The summed E-state index contributed by atoms with van der Waals surface area (Å²) in [6.07, 6.45) is 8.74. The van der Waals surface area contributed by atoms with E-state index in [9.17, 15) is 0 Å². The molecule has 2 aromatic heterocycles. The molecular weight excluding hydrogens is 540 g/mol. The zero-order valence-electron chi connectivity index (χ0n) is 23.7. The fourth-order valence-corrected chi connectivity index (χ4v) is 6.54. The van der Waals surface area contributed by atoms with Crippen LogP contribution in [0.2, 0.25) is 0 Å². The van der Waals surface area contributed by atoms with Gasteiger partial charge in [-0.05, 0) is 34.9 Å². The van der Waals surface area contributed by atoms with Gasteiger partial charge in [0.05, 0.1) is 6.04 Å². The first-order valence-corrected chi connectivity index (χ1v) is 14.9. The molecule has 5 aromatic carbocycles. The van der Waals surface area contributed by atoms with E-state index in [1.54, 1.807) is 0 Å². The lowest BCUT2D eigenvalue weighted by molar-refractivity contribution is 0.667. The van der Waals surface area contributed by atoms with E-state index < -0.39 is 0 Å². The van der Waals surface area contributed by atoms with Crippen LogP contribution in [0.4, 0.5) is 11.6 Å². The second-order valence-electron chi connectivity index (χ2n) is 11.3. The van der Waals surface area contributed by atoms with Crippen LogP contribution in [0.3, 0.4) is 0 Å². The fourth-order valence-electron chi connectivity index (χ4n) is 6.54. The molecule has 0 spiro atoms. The first kappa shape index (κ1) is 24.8. The quantitative estimate of drug-likeness (QED) is 0.212. The third kappa shape index (κ3) is 3.97. The molecule has 5 nitrogen and oxygen atoms in total. The molecule has 0 radical (unpaired) electrons. The molecule has 0 saturated carbocycles. The highest BCUT2D eigenvalue weighted by atomic mass is 16.3. The minimum absolute atomic E-state index is 0.0344. The van der Waals surface area contributed by atoms with Gasteiger partial charge < -0.3 is 9.32 Å². The standard InChI is InChI=1S/C39H26N4O/c1-3-11-25(12-4-1)26-19-21-28(22-20-26)38-40-37(27-13-5-2-6-14-27)41-39(42-38)43-33-17-9-7-15-29(33)31-24-36-32(23-34(31)43)30-16-8-10-18-35(30)44-36/h1-24,29,33H. The lowest BCUT2D eigenvalue weighted by Gasteiger charge is -2.27. The van der Waals surface area contributed by atoms with Crippen molar-refractivity contribution in [2.45, 2.75) is 12.0 Å². The molecule has 0 N–H and O–H groups in total. The summed E-state index contributed by atoms with van der Waals surface area (Å²) in [5, 5.41) is 2.19. The summed E-state index contributed by atoms with van der Waals surface area (Å²) in [6, 6.07) is 41.7. The van der Waals surface area contributed by atoms with Gasteiger partial charge in [-0.2, -0.15) is 9.97 Å². The van der Waals surface area contributed by atoms with Crippen LogP contribution < -0.4 is 4.90 Å². The van der Waals surface area contributed by atoms with Crippen molar-refractivity contribution in [2.24, 2.45) is 0 Å². The molecule has 1 aliphatic carbocycles. The predicted octanol–water partition coefficient (Wildman–Crippen LogP) is 9.50. The number of anilines is 2. The highest BCUT2D eigenvalue weighted by Gasteiger charge is 2.40. The summed E-state index contributed by atoms with van der Waals surface area (Å²) < 4.78 is 6.29. The minimum atomic E-state index is 0.0344. The molecule has 208 valence electrons. The molecule has 0 saturated heterocycles. The number of benzene rings is 5. The van der Waals surface area contributed by atoms with Crippen LogP contribution in [0.1, 0.15) is 11.5 Å². The topological polar surface area (TPSA) is 55.1 Å². The van der Waals surface area contributed by atoms with Gasteiger partial charge >= 0.3 is 0 Å². The van der Waals surface area contributed by atoms with Crippen LogP contribution in [0.5, 0.6) is 0 Å². The van der Waals surface area contributed by atoms with Gasteiger partial charge in [-0.3, -0.25) is 0 Å². The Bertz CT molecular complexity index is 2230. The highest BCUT2D eigenvalue weighted by Crippen LogP contribution is 2.49. The van der Waals surface area contributed by atoms with Crippen LogP contribution in [0, 0.1) is 0 Å². The Morgan fingerprint density at radius 3 is 1.91 bits per heavy atom. The summed E-state index contributed by atoms with van der Waals surface area (Å²) in [5.41, 5.74) is 8.30. The number of hydrogen-bond acceptors (Lipinski definition) is 5. The molecular formula is C39H26N4O. The van der Waals surface area contributed by atoms with Crippen LogP contribution in [0.25, 0.3) is 55.8 Å². The third-order valence-electron chi connectivity index (χ3n) is 8.67. The Morgan fingerprint density at radius 2 is 1.14 bits per heavy atom. The molecule has 0 amide bonds. The maximum atomic E-state index is 6.29. The minimum Gasteiger partial charge on any atom is -0.456 e. The zero-order valence-corrected chi connectivity index (χ0v) is 23.7. The largest absolute Gasteiger partial charge is 0.456 e. The number of para-hydroxylation sites is 1. The van der Waals surface area contributed by atoms with E-state index in [1.807, 2.05) is 48.5 Å². The first-order chi connectivity index (χ1) is 21.8. The summed E-state index contributed by atoms with van der Waals surface area (Å²) in [7, 11) is 0. The normalized spacial score (nSPS) is 16.9. The number of fused-ring (bicyclic) bond motifs is 6. The molecule has 5 heteroatoms. The van der Waals surface area contributed by atoms with Gasteiger partial charge in [0, 0.05) is 33.5 Å². The van der Waals surface area contributed by atoms with E-state index >= 15 is 0 Å². The Labute approximate surface area is 254 Å². The molecule has 44 heavy (non-hydrogen) atoms. The summed E-state index contributed by atoms with van der Waals surface area (Å²) >= 11 is 0. The number of furan rings is 1. The van der Waals surface area contributed by atoms with Gasteiger partial charge in [0.25, 0.3) is 0 Å². The zero-order chi connectivity index (χ0) is 29.0. The van der Waals surface area contributed by atoms with Crippen molar-refractivity contribution in [3.8, 4) is 33.9 Å². The predicted molar refractivity (Wildman–Crippen MR) is 177 cm³/mol. The smallest absolute Gasteiger partial charge is 0.234 e. The van der Waals surface area contributed by atoms with E-state index in [1.165, 1.54) is 11.1 Å². The van der Waals surface area contributed by atoms with Gasteiger partial charge in [-0.25, -0.2) is 4.98 Å². The molecule has 0 bridgehead atoms. The second-order valence-corrected chi connectivity index (χ2v) is 11.3. The average Bonchev–Trinajstić information content (AvgIpc) is 3.63. The van der Waals surface area contributed by atoms with Crippen molar-refractivity contribution in [2.75, 3.05) is 4.90 Å². The molecule has 3 heterocycles. The Hall–Kier alpha value is -5.81. The lowest BCUT2D eigenvalue weighted by Crippen LogP contribution is -2.30. The maximum absolute atomic E-state index is 6.29. The average molecular weight is 567 g/mol. The molecule has 2 aliphatic rings. The second kappa shape index (κ2) is 9.89. The van der Waals surface area contributed by atoms with Crippen molar-refractivity contribution in [1.82, 2.24) is 15.0 Å². The van der Waals surface area contributed by atoms with Gasteiger partial charge in [0.15, 0.2) is 11.6 Å². The number of aromatic nitrogens is 3. The summed E-state index contributed by atoms with van der Waals surface area (Å²) in [6.45, 7) is 0. The van der Waals surface area contributed by atoms with Crippen LogP contribution in [-0.2, 0) is 0 Å². The number of hydrogen-bond donors (Lipinski definition) is 0. The van der Waals surface area contributed by atoms with Crippen molar-refractivity contribution in [3.05, 3.63) is 151 Å². The lowest BCUT2D eigenvalue weighted by atomic mass is 9.91. The van der Waals surface area contributed by atoms with Gasteiger partial charge in [0.2, 0.25) is 5.95 Å². The summed E-state index contributed by atoms with van der Waals surface area (Å²) in [4.78, 5) is 17.5. The van der Waals surface area contributed by atoms with Crippen molar-refractivity contribution in [1.29, 1.82) is 0 Å². The van der Waals surface area contributed by atoms with E-state index in [-0.39, 0.29) is 12.0 Å². The Kier molecular flexibility index (Phi) is 5.56. The highest BCUT2D eigenvalue weighted by molar-refractivity contribution is 6.07. The SMILES string of the molecule is C1=CC2c3cc4oc5ccccc5c4cc3N(c3nc(-c4ccccc4)nc(-c4ccc(-c5ccccc5)cc4)n3)C2C=C1. The monoisotopic (exact) mass is 566 g/mol. The van der Waals surface area contributed by atoms with E-state index in [4.69, 9.17) is 19.4 Å². The molecule has 7 aromatic rings. The van der Waals surface area contributed by atoms with E-state index in [2.05, 4.69) is 102 Å². The van der Waals surface area contributed by atoms with Crippen LogP contribution in [0.15, 0.2) is 150 Å². The van der Waals surface area contributed by atoms with E-state index in [0.29, 0.717) is 17.6 Å². The van der Waals surface area contributed by atoms with Gasteiger partial charge in [0.1, 0.15) is 11.2 Å². The molecule has 2 atom stereocenters. The van der Waals surface area contributed by atoms with Crippen LogP contribution >= 0.6 is 0 Å². The number of rotatable bonds is 4. The Morgan fingerprint density at radius 1 is 0.523 bits per heavy atom. The number of nitrogens with zero attached hydrogens (tertiary/aromatic N) is 4.